The van der Waals surface area contributed by atoms with Gasteiger partial charge in [-0.15, -0.1) is 0 Å². The molecule has 1 aliphatic carbocycles. The number of hydrogen-bond donors (Lipinski definition) is 0. The van der Waals surface area contributed by atoms with Crippen LogP contribution in [-0.2, 0) is 9.47 Å². The van der Waals surface area contributed by atoms with E-state index in [-0.39, 0.29) is 12.2 Å². The second kappa shape index (κ2) is 7.34. The van der Waals surface area contributed by atoms with Crippen LogP contribution in [0.5, 0.6) is 0 Å². The molecule has 2 rings (SSSR count). The van der Waals surface area contributed by atoms with Gasteiger partial charge in [0.05, 0.1) is 13.2 Å². The van der Waals surface area contributed by atoms with E-state index in [4.69, 9.17) is 9.47 Å². The van der Waals surface area contributed by atoms with E-state index >= 15 is 0 Å². The van der Waals surface area contributed by atoms with Crippen molar-refractivity contribution in [2.75, 3.05) is 13.2 Å². The fourth-order valence-corrected chi connectivity index (χ4v) is 3.10. The Bertz CT molecular complexity index is 287. The van der Waals surface area contributed by atoms with Gasteiger partial charge < -0.3 is 9.47 Å². The molecule has 0 aromatic carbocycles. The fourth-order valence-electron chi connectivity index (χ4n) is 3.10. The van der Waals surface area contributed by atoms with E-state index in [1.165, 1.54) is 6.42 Å². The molecule has 2 aliphatic rings. The Hall–Kier alpha value is -0.480. The first kappa shape index (κ1) is 14.9. The first-order chi connectivity index (χ1) is 9.13. The van der Waals surface area contributed by atoms with Crippen molar-refractivity contribution in [3.05, 3.63) is 12.2 Å². The highest BCUT2D eigenvalue weighted by Gasteiger charge is 2.23. The summed E-state index contributed by atoms with van der Waals surface area (Å²) < 4.78 is 35.3. The summed E-state index contributed by atoms with van der Waals surface area (Å²) in [6.07, 6.45) is 5.87. The summed E-state index contributed by atoms with van der Waals surface area (Å²) in [5.74, 6) is 1.31. The third-order valence-corrected chi connectivity index (χ3v) is 4.37. The Morgan fingerprint density at radius 3 is 2.16 bits per heavy atom. The molecule has 1 aliphatic heterocycles. The highest BCUT2D eigenvalue weighted by Crippen LogP contribution is 2.34. The zero-order chi connectivity index (χ0) is 13.7. The SMILES string of the molecule is CC1OCC(CCC2CCC(C=C(F)F)CC2)CO1. The third kappa shape index (κ3) is 5.19. The Morgan fingerprint density at radius 2 is 1.58 bits per heavy atom. The zero-order valence-electron chi connectivity index (χ0n) is 11.6. The van der Waals surface area contributed by atoms with Crippen LogP contribution in [0.4, 0.5) is 8.78 Å². The Kier molecular flexibility index (Phi) is 5.76. The molecule has 0 spiro atoms. The predicted molar refractivity (Wildman–Crippen MR) is 69.8 cm³/mol. The van der Waals surface area contributed by atoms with Gasteiger partial charge in [0.15, 0.2) is 6.29 Å². The average molecular weight is 274 g/mol. The standard InChI is InChI=1S/C15H24F2O2/c1-11-18-9-14(10-19-11)7-4-12-2-5-13(6-3-12)8-15(16)17/h8,11-14H,2-7,9-10H2,1H3. The van der Waals surface area contributed by atoms with Crippen LogP contribution < -0.4 is 0 Å². The number of hydrogen-bond acceptors (Lipinski definition) is 2. The van der Waals surface area contributed by atoms with Crippen molar-refractivity contribution in [2.24, 2.45) is 17.8 Å². The molecular weight excluding hydrogens is 250 g/mol. The van der Waals surface area contributed by atoms with E-state index < -0.39 is 6.08 Å². The van der Waals surface area contributed by atoms with Gasteiger partial charge in [0, 0.05) is 5.92 Å². The van der Waals surface area contributed by atoms with Crippen LogP contribution in [0.1, 0.15) is 45.4 Å². The molecule has 4 heteroatoms. The first-order valence-electron chi connectivity index (χ1n) is 7.39. The maximum absolute atomic E-state index is 12.2. The van der Waals surface area contributed by atoms with Gasteiger partial charge in [0.1, 0.15) is 0 Å². The third-order valence-electron chi connectivity index (χ3n) is 4.37. The molecule has 1 saturated heterocycles. The van der Waals surface area contributed by atoms with Gasteiger partial charge in [0.2, 0.25) is 0 Å². The van der Waals surface area contributed by atoms with Crippen molar-refractivity contribution >= 4 is 0 Å². The summed E-state index contributed by atoms with van der Waals surface area (Å²) in [4.78, 5) is 0. The molecule has 0 N–H and O–H groups in total. The first-order valence-corrected chi connectivity index (χ1v) is 7.39. The molecule has 0 radical (unpaired) electrons. The normalized spacial score (nSPS) is 35.9. The molecule has 0 aromatic rings. The maximum Gasteiger partial charge on any atom is 0.266 e. The van der Waals surface area contributed by atoms with Crippen molar-refractivity contribution in [3.8, 4) is 0 Å². The minimum Gasteiger partial charge on any atom is -0.353 e. The van der Waals surface area contributed by atoms with Gasteiger partial charge in [-0.2, -0.15) is 8.78 Å². The summed E-state index contributed by atoms with van der Waals surface area (Å²) in [7, 11) is 0. The van der Waals surface area contributed by atoms with Crippen molar-refractivity contribution in [2.45, 2.75) is 51.7 Å². The minimum absolute atomic E-state index is 0.0610. The number of allylic oxidation sites excluding steroid dienone is 1. The molecule has 0 aromatic heterocycles. The van der Waals surface area contributed by atoms with E-state index in [9.17, 15) is 8.78 Å². The van der Waals surface area contributed by atoms with Crippen LogP contribution in [0, 0.1) is 17.8 Å². The number of rotatable bonds is 4. The van der Waals surface area contributed by atoms with E-state index in [2.05, 4.69) is 0 Å². The molecule has 1 heterocycles. The van der Waals surface area contributed by atoms with E-state index in [1.54, 1.807) is 0 Å². The lowest BCUT2D eigenvalue weighted by molar-refractivity contribution is -0.191. The lowest BCUT2D eigenvalue weighted by Crippen LogP contribution is -2.30. The zero-order valence-corrected chi connectivity index (χ0v) is 11.6. The number of halogens is 2. The molecule has 0 atom stereocenters. The van der Waals surface area contributed by atoms with Crippen molar-refractivity contribution in [3.63, 3.8) is 0 Å². The Labute approximate surface area is 114 Å². The molecular formula is C15H24F2O2. The second-order valence-corrected chi connectivity index (χ2v) is 5.91. The van der Waals surface area contributed by atoms with Crippen LogP contribution in [0.3, 0.4) is 0 Å². The number of ether oxygens (including phenoxy) is 2. The van der Waals surface area contributed by atoms with Gasteiger partial charge in [-0.05, 0) is 56.9 Å². The van der Waals surface area contributed by atoms with E-state index in [0.717, 1.165) is 51.4 Å². The fraction of sp³-hybridized carbons (Fsp3) is 0.867. The smallest absolute Gasteiger partial charge is 0.266 e. The predicted octanol–water partition coefficient (Wildman–Crippen LogP) is 4.36. The van der Waals surface area contributed by atoms with Gasteiger partial charge in [-0.3, -0.25) is 0 Å². The van der Waals surface area contributed by atoms with Crippen molar-refractivity contribution < 1.29 is 18.3 Å². The van der Waals surface area contributed by atoms with Gasteiger partial charge in [-0.25, -0.2) is 0 Å². The molecule has 110 valence electrons. The lowest BCUT2D eigenvalue weighted by Gasteiger charge is -2.30. The maximum atomic E-state index is 12.2. The highest BCUT2D eigenvalue weighted by molar-refractivity contribution is 4.90. The average Bonchev–Trinajstić information content (AvgIpc) is 2.39. The highest BCUT2D eigenvalue weighted by atomic mass is 19.3. The van der Waals surface area contributed by atoms with Crippen LogP contribution >= 0.6 is 0 Å². The quantitative estimate of drug-likeness (QED) is 0.758. The Balaban J connectivity index is 1.62. The largest absolute Gasteiger partial charge is 0.353 e. The lowest BCUT2D eigenvalue weighted by atomic mass is 9.79. The summed E-state index contributed by atoms with van der Waals surface area (Å²) in [5, 5.41) is 0. The van der Waals surface area contributed by atoms with Gasteiger partial charge >= 0.3 is 0 Å². The summed E-state index contributed by atoms with van der Waals surface area (Å²) in [5.41, 5.74) is 0. The van der Waals surface area contributed by atoms with Crippen LogP contribution in [0.15, 0.2) is 12.2 Å². The van der Waals surface area contributed by atoms with Gasteiger partial charge in [0.25, 0.3) is 6.08 Å². The van der Waals surface area contributed by atoms with Crippen LogP contribution in [-0.4, -0.2) is 19.5 Å². The topological polar surface area (TPSA) is 18.5 Å². The molecule has 0 amide bonds. The molecule has 1 saturated carbocycles. The van der Waals surface area contributed by atoms with Crippen LogP contribution in [0.2, 0.25) is 0 Å². The molecule has 19 heavy (non-hydrogen) atoms. The van der Waals surface area contributed by atoms with Crippen molar-refractivity contribution in [1.29, 1.82) is 0 Å². The van der Waals surface area contributed by atoms with Gasteiger partial charge in [-0.1, -0.05) is 6.42 Å². The van der Waals surface area contributed by atoms with E-state index in [1.807, 2.05) is 6.92 Å². The summed E-state index contributed by atoms with van der Waals surface area (Å²) in [6, 6.07) is 0. The Morgan fingerprint density at radius 1 is 1.00 bits per heavy atom. The summed E-state index contributed by atoms with van der Waals surface area (Å²) >= 11 is 0. The molecule has 2 fully saturated rings. The van der Waals surface area contributed by atoms with Crippen LogP contribution in [0.25, 0.3) is 0 Å². The molecule has 0 unspecified atom stereocenters. The van der Waals surface area contributed by atoms with E-state index in [0.29, 0.717) is 11.8 Å². The van der Waals surface area contributed by atoms with Crippen molar-refractivity contribution in [1.82, 2.24) is 0 Å². The monoisotopic (exact) mass is 274 g/mol. The summed E-state index contributed by atoms with van der Waals surface area (Å²) in [6.45, 7) is 3.52. The molecule has 2 nitrogen and oxygen atoms in total. The molecule has 0 bridgehead atoms. The minimum atomic E-state index is -1.52. The second-order valence-electron chi connectivity index (χ2n) is 5.91.